The molecule has 0 aliphatic rings. The van der Waals surface area contributed by atoms with Gasteiger partial charge in [-0.2, -0.15) is 0 Å². The van der Waals surface area contributed by atoms with E-state index in [9.17, 15) is 4.79 Å². The number of methoxy groups -OCH3 is 1. The number of nitrogens with two attached hydrogens (primary N) is 1. The van der Waals surface area contributed by atoms with Gasteiger partial charge >= 0.3 is 0 Å². The average molecular weight is 377 g/mol. The summed E-state index contributed by atoms with van der Waals surface area (Å²) < 4.78 is 10.8. The quantitative estimate of drug-likeness (QED) is 0.683. The van der Waals surface area contributed by atoms with Crippen molar-refractivity contribution in [3.8, 4) is 11.5 Å². The number of hydrogen-bond acceptors (Lipinski definition) is 4. The molecule has 0 fully saturated rings. The summed E-state index contributed by atoms with van der Waals surface area (Å²) in [4.78, 5) is 14.0. The number of rotatable bonds is 9. The van der Waals surface area contributed by atoms with E-state index in [1.807, 2.05) is 36.4 Å². The zero-order chi connectivity index (χ0) is 18.9. The zero-order valence-electron chi connectivity index (χ0n) is 15.2. The number of halogens is 1. The van der Waals surface area contributed by atoms with Gasteiger partial charge in [-0.25, -0.2) is 0 Å². The number of benzene rings is 2. The molecule has 0 radical (unpaired) electrons. The largest absolute Gasteiger partial charge is 0.497 e. The Morgan fingerprint density at radius 1 is 1.12 bits per heavy atom. The Bertz CT molecular complexity index is 689. The van der Waals surface area contributed by atoms with Crippen molar-refractivity contribution < 1.29 is 14.3 Å². The maximum Gasteiger partial charge on any atom is 0.239 e. The number of carbonyl (C=O) groups is 1. The second-order valence-electron chi connectivity index (χ2n) is 6.07. The van der Waals surface area contributed by atoms with Crippen molar-refractivity contribution in [2.45, 2.75) is 18.9 Å². The normalized spacial score (nSPS) is 11.7. The third-order valence-corrected chi connectivity index (χ3v) is 4.28. The van der Waals surface area contributed by atoms with Gasteiger partial charge in [-0.15, -0.1) is 0 Å². The van der Waals surface area contributed by atoms with Gasteiger partial charge < -0.3 is 20.1 Å². The second kappa shape index (κ2) is 10.0. The third-order valence-electron chi connectivity index (χ3n) is 4.03. The molecular weight excluding hydrogens is 352 g/mol. The fourth-order valence-corrected chi connectivity index (χ4v) is 2.64. The molecule has 0 bridgehead atoms. The number of likely N-dealkylation sites (N-methyl/N-ethyl adjacent to an activating group) is 1. The summed E-state index contributed by atoms with van der Waals surface area (Å²) in [6, 6.07) is 14.2. The molecule has 1 atom stereocenters. The predicted octanol–water partition coefficient (Wildman–Crippen LogP) is 3.15. The summed E-state index contributed by atoms with van der Waals surface area (Å²) in [7, 11) is 3.38. The fraction of sp³-hybridized carbons (Fsp3) is 0.350. The van der Waals surface area contributed by atoms with Gasteiger partial charge in [0.15, 0.2) is 0 Å². The van der Waals surface area contributed by atoms with Crippen LogP contribution in [0, 0.1) is 0 Å². The summed E-state index contributed by atoms with van der Waals surface area (Å²) in [5.74, 6) is 1.47. The molecule has 0 aromatic heterocycles. The van der Waals surface area contributed by atoms with E-state index in [2.05, 4.69) is 0 Å². The van der Waals surface area contributed by atoms with Gasteiger partial charge in [-0.3, -0.25) is 4.79 Å². The van der Waals surface area contributed by atoms with E-state index >= 15 is 0 Å². The smallest absolute Gasteiger partial charge is 0.239 e. The van der Waals surface area contributed by atoms with Crippen molar-refractivity contribution in [3.05, 3.63) is 59.1 Å². The fourth-order valence-electron chi connectivity index (χ4n) is 2.52. The zero-order valence-corrected chi connectivity index (χ0v) is 15.9. The van der Waals surface area contributed by atoms with Gasteiger partial charge in [0.25, 0.3) is 0 Å². The summed E-state index contributed by atoms with van der Waals surface area (Å²) in [6.45, 7) is 1.11. The standard InChI is InChI=1S/C20H25ClN2O3/c1-23(12-3-13-26-18-10-6-16(21)7-11-18)20(24)19(22)14-15-4-8-17(25-2)9-5-15/h4-11,19H,3,12-14,22H2,1-2H3. The SMILES string of the molecule is COc1ccc(CC(N)C(=O)N(C)CCCOc2ccc(Cl)cc2)cc1. The molecule has 0 aliphatic carbocycles. The summed E-state index contributed by atoms with van der Waals surface area (Å²) in [5, 5.41) is 0.675. The molecule has 2 N–H and O–H groups in total. The second-order valence-corrected chi connectivity index (χ2v) is 6.51. The van der Waals surface area contributed by atoms with Gasteiger partial charge in [-0.05, 0) is 54.8 Å². The topological polar surface area (TPSA) is 64.8 Å². The maximum absolute atomic E-state index is 12.4. The minimum atomic E-state index is -0.564. The molecule has 140 valence electrons. The minimum absolute atomic E-state index is 0.0766. The van der Waals surface area contributed by atoms with Gasteiger partial charge in [0.05, 0.1) is 19.8 Å². The molecule has 26 heavy (non-hydrogen) atoms. The van der Waals surface area contributed by atoms with Crippen LogP contribution in [0.15, 0.2) is 48.5 Å². The molecule has 1 unspecified atom stereocenters. The molecule has 0 aliphatic heterocycles. The van der Waals surface area contributed by atoms with Crippen LogP contribution in [0.5, 0.6) is 11.5 Å². The Labute approximate surface area is 159 Å². The van der Waals surface area contributed by atoms with E-state index in [0.29, 0.717) is 24.6 Å². The number of amides is 1. The van der Waals surface area contributed by atoms with Crippen LogP contribution in [0.4, 0.5) is 0 Å². The van der Waals surface area contributed by atoms with Crippen LogP contribution in [-0.2, 0) is 11.2 Å². The number of hydrogen-bond donors (Lipinski definition) is 1. The van der Waals surface area contributed by atoms with E-state index in [1.165, 1.54) is 0 Å². The molecule has 2 rings (SSSR count). The van der Waals surface area contributed by atoms with Gasteiger partial charge in [-0.1, -0.05) is 23.7 Å². The molecule has 6 heteroatoms. The van der Waals surface area contributed by atoms with Crippen LogP contribution in [0.25, 0.3) is 0 Å². The first-order chi connectivity index (χ1) is 12.5. The van der Waals surface area contributed by atoms with Crippen LogP contribution in [-0.4, -0.2) is 44.2 Å². The lowest BCUT2D eigenvalue weighted by Crippen LogP contribution is -2.43. The van der Waals surface area contributed by atoms with E-state index < -0.39 is 6.04 Å². The summed E-state index contributed by atoms with van der Waals surface area (Å²) in [5.41, 5.74) is 7.07. The summed E-state index contributed by atoms with van der Waals surface area (Å²) in [6.07, 6.45) is 1.22. The van der Waals surface area contributed by atoms with Crippen LogP contribution >= 0.6 is 11.6 Å². The Morgan fingerprint density at radius 3 is 2.35 bits per heavy atom. The van der Waals surface area contributed by atoms with Gasteiger partial charge in [0, 0.05) is 18.6 Å². The molecule has 1 amide bonds. The molecular formula is C20H25ClN2O3. The van der Waals surface area contributed by atoms with Crippen LogP contribution in [0.1, 0.15) is 12.0 Å². The highest BCUT2D eigenvalue weighted by atomic mass is 35.5. The number of ether oxygens (including phenoxy) is 2. The van der Waals surface area contributed by atoms with Gasteiger partial charge in [0.2, 0.25) is 5.91 Å². The molecule has 0 heterocycles. The van der Waals surface area contributed by atoms with E-state index in [4.69, 9.17) is 26.8 Å². The molecule has 2 aromatic carbocycles. The van der Waals surface area contributed by atoms with E-state index in [1.54, 1.807) is 31.2 Å². The van der Waals surface area contributed by atoms with Crippen LogP contribution in [0.2, 0.25) is 5.02 Å². The van der Waals surface area contributed by atoms with Crippen LogP contribution in [0.3, 0.4) is 0 Å². The monoisotopic (exact) mass is 376 g/mol. The first-order valence-corrected chi connectivity index (χ1v) is 8.89. The van der Waals surface area contributed by atoms with Crippen molar-refractivity contribution in [1.82, 2.24) is 4.90 Å². The highest BCUT2D eigenvalue weighted by Gasteiger charge is 2.18. The average Bonchev–Trinajstić information content (AvgIpc) is 2.66. The van der Waals surface area contributed by atoms with Crippen molar-refractivity contribution in [2.75, 3.05) is 27.3 Å². The minimum Gasteiger partial charge on any atom is -0.497 e. The Balaban J connectivity index is 1.72. The van der Waals surface area contributed by atoms with Crippen molar-refractivity contribution in [2.24, 2.45) is 5.73 Å². The Hall–Kier alpha value is -2.24. The number of carbonyl (C=O) groups excluding carboxylic acids is 1. The third kappa shape index (κ3) is 6.24. The van der Waals surface area contributed by atoms with Crippen molar-refractivity contribution >= 4 is 17.5 Å². The first kappa shape index (κ1) is 20.1. The lowest BCUT2D eigenvalue weighted by Gasteiger charge is -2.21. The maximum atomic E-state index is 12.4. The lowest BCUT2D eigenvalue weighted by atomic mass is 10.1. The highest BCUT2D eigenvalue weighted by Crippen LogP contribution is 2.16. The van der Waals surface area contributed by atoms with Crippen molar-refractivity contribution in [1.29, 1.82) is 0 Å². The Kier molecular flexibility index (Phi) is 7.75. The lowest BCUT2D eigenvalue weighted by molar-refractivity contribution is -0.131. The highest BCUT2D eigenvalue weighted by molar-refractivity contribution is 6.30. The van der Waals surface area contributed by atoms with Gasteiger partial charge in [0.1, 0.15) is 11.5 Å². The molecule has 0 spiro atoms. The molecule has 2 aromatic rings. The molecule has 0 saturated carbocycles. The van der Waals surface area contributed by atoms with Crippen molar-refractivity contribution in [3.63, 3.8) is 0 Å². The van der Waals surface area contributed by atoms with E-state index in [-0.39, 0.29) is 5.91 Å². The van der Waals surface area contributed by atoms with Crippen LogP contribution < -0.4 is 15.2 Å². The number of nitrogens with zero attached hydrogens (tertiary/aromatic N) is 1. The van der Waals surface area contributed by atoms with E-state index in [0.717, 1.165) is 23.5 Å². The summed E-state index contributed by atoms with van der Waals surface area (Å²) >= 11 is 5.83. The first-order valence-electron chi connectivity index (χ1n) is 8.51. The molecule has 5 nitrogen and oxygen atoms in total. The molecule has 0 saturated heterocycles. The predicted molar refractivity (Wildman–Crippen MR) is 104 cm³/mol. The Morgan fingerprint density at radius 2 is 1.73 bits per heavy atom.